The van der Waals surface area contributed by atoms with Crippen LogP contribution < -0.4 is 5.54 Å². The van der Waals surface area contributed by atoms with Gasteiger partial charge in [-0.3, -0.25) is 0 Å². The van der Waals surface area contributed by atoms with Crippen LogP contribution in [0.5, 0.6) is 0 Å². The normalized spacial score (nSPS) is 21.0. The maximum atomic E-state index is 11.6. The summed E-state index contributed by atoms with van der Waals surface area (Å²) in [5.41, 5.74) is 1.80. The molecule has 0 spiro atoms. The van der Waals surface area contributed by atoms with E-state index in [9.17, 15) is 4.48 Å². The molecule has 3 heteroatoms. The van der Waals surface area contributed by atoms with E-state index in [-0.39, 0.29) is 18.4 Å². The number of rotatable bonds is 1. The molecular formula is C6H13ClFN. The maximum Gasteiger partial charge on any atom is 0.0371 e. The molecule has 0 amide bonds. The zero-order valence-electron chi connectivity index (χ0n) is 5.40. The highest BCUT2D eigenvalue weighted by Crippen LogP contribution is 2.16. The Morgan fingerprint density at radius 3 is 2.00 bits per heavy atom. The molecule has 1 rings (SSSR count). The van der Waals surface area contributed by atoms with Crippen molar-refractivity contribution in [2.75, 3.05) is 0 Å². The Bertz CT molecular complexity index is 64.1. The van der Waals surface area contributed by atoms with Gasteiger partial charge in [0.15, 0.2) is 0 Å². The topological polar surface area (TPSA) is 12.0 Å². The van der Waals surface area contributed by atoms with E-state index in [2.05, 4.69) is 0 Å². The fourth-order valence-electron chi connectivity index (χ4n) is 1.21. The third-order valence-electron chi connectivity index (χ3n) is 1.76. The summed E-state index contributed by atoms with van der Waals surface area (Å²) in [5, 5.41) is 0. The molecule has 0 saturated heterocycles. The maximum absolute atomic E-state index is 11.6. The molecule has 0 heterocycles. The third-order valence-corrected chi connectivity index (χ3v) is 1.76. The lowest BCUT2D eigenvalue weighted by Gasteiger charge is -2.17. The Balaban J connectivity index is 0.000000640. The van der Waals surface area contributed by atoms with E-state index < -0.39 is 0 Å². The molecule has 0 aromatic heterocycles. The minimum Gasteiger partial charge on any atom is -0.156 e. The Morgan fingerprint density at radius 2 is 1.67 bits per heavy atom. The Morgan fingerprint density at radius 1 is 1.11 bits per heavy atom. The highest BCUT2D eigenvalue weighted by Gasteiger charge is 2.11. The van der Waals surface area contributed by atoms with Crippen molar-refractivity contribution in [2.45, 2.75) is 38.1 Å². The predicted molar refractivity (Wildman–Crippen MR) is 38.4 cm³/mol. The lowest BCUT2D eigenvalue weighted by atomic mass is 9.96. The van der Waals surface area contributed by atoms with E-state index in [1.807, 2.05) is 0 Å². The molecule has 1 N–H and O–H groups in total. The molecular weight excluding hydrogens is 141 g/mol. The highest BCUT2D eigenvalue weighted by atomic mass is 35.5. The second-order valence-electron chi connectivity index (χ2n) is 2.44. The van der Waals surface area contributed by atoms with Gasteiger partial charge in [0.2, 0.25) is 0 Å². The summed E-state index contributed by atoms with van der Waals surface area (Å²) in [6.45, 7) is 0. The van der Waals surface area contributed by atoms with Gasteiger partial charge in [0.1, 0.15) is 0 Å². The van der Waals surface area contributed by atoms with Gasteiger partial charge in [0.05, 0.1) is 0 Å². The van der Waals surface area contributed by atoms with Gasteiger partial charge >= 0.3 is 0 Å². The van der Waals surface area contributed by atoms with Crippen LogP contribution in [0.2, 0.25) is 0 Å². The van der Waals surface area contributed by atoms with Crippen molar-refractivity contribution in [2.24, 2.45) is 0 Å². The standard InChI is InChI=1S/C6H12FN.ClH/c7-8-6-4-2-1-3-5-6;/h6,8H,1-5H2;1H. The molecule has 0 aliphatic heterocycles. The molecule has 1 aliphatic rings. The van der Waals surface area contributed by atoms with Crippen LogP contribution in [0.1, 0.15) is 32.1 Å². The molecule has 0 atom stereocenters. The number of hydrogen-bond acceptors (Lipinski definition) is 1. The van der Waals surface area contributed by atoms with Crippen molar-refractivity contribution in [3.8, 4) is 0 Å². The first-order valence-corrected chi connectivity index (χ1v) is 3.29. The first-order valence-electron chi connectivity index (χ1n) is 3.29. The number of hydrogen-bond donors (Lipinski definition) is 1. The number of halogens is 2. The summed E-state index contributed by atoms with van der Waals surface area (Å²) in [6.07, 6.45) is 5.73. The largest absolute Gasteiger partial charge is 0.156 e. The molecule has 0 bridgehead atoms. The molecule has 0 unspecified atom stereocenters. The molecule has 1 saturated carbocycles. The summed E-state index contributed by atoms with van der Waals surface area (Å²) < 4.78 is 11.6. The van der Waals surface area contributed by atoms with Crippen LogP contribution in [0.4, 0.5) is 4.48 Å². The van der Waals surface area contributed by atoms with Crippen LogP contribution in [-0.4, -0.2) is 6.04 Å². The minimum absolute atomic E-state index is 0. The van der Waals surface area contributed by atoms with Crippen LogP contribution in [0.15, 0.2) is 0 Å². The van der Waals surface area contributed by atoms with Crippen LogP contribution >= 0.6 is 12.4 Å². The number of nitrogens with one attached hydrogen (secondary N) is 1. The van der Waals surface area contributed by atoms with E-state index >= 15 is 0 Å². The van der Waals surface area contributed by atoms with Crippen LogP contribution in [-0.2, 0) is 0 Å². The van der Waals surface area contributed by atoms with Crippen molar-refractivity contribution >= 4 is 12.4 Å². The smallest absolute Gasteiger partial charge is 0.0371 e. The van der Waals surface area contributed by atoms with Gasteiger partial charge in [0.25, 0.3) is 0 Å². The minimum atomic E-state index is 0. The predicted octanol–water partition coefficient (Wildman–Crippen LogP) is 2.21. The molecule has 0 aromatic carbocycles. The molecule has 0 radical (unpaired) electrons. The van der Waals surface area contributed by atoms with Gasteiger partial charge in [-0.25, -0.2) is 0 Å². The van der Waals surface area contributed by atoms with Crippen molar-refractivity contribution in [1.82, 2.24) is 5.54 Å². The molecule has 0 aromatic rings. The summed E-state index contributed by atoms with van der Waals surface area (Å²) >= 11 is 0. The SMILES string of the molecule is Cl.FNC1CCCCC1. The van der Waals surface area contributed by atoms with Gasteiger partial charge in [0, 0.05) is 6.04 Å². The zero-order valence-corrected chi connectivity index (χ0v) is 6.22. The van der Waals surface area contributed by atoms with Crippen LogP contribution in [0.3, 0.4) is 0 Å². The van der Waals surface area contributed by atoms with E-state index in [1.165, 1.54) is 19.3 Å². The summed E-state index contributed by atoms with van der Waals surface area (Å²) in [7, 11) is 0. The van der Waals surface area contributed by atoms with Crippen molar-refractivity contribution < 1.29 is 4.48 Å². The van der Waals surface area contributed by atoms with Crippen molar-refractivity contribution in [3.05, 3.63) is 0 Å². The molecule has 1 aliphatic carbocycles. The second kappa shape index (κ2) is 5.00. The Hall–Kier alpha value is 0.180. The molecule has 9 heavy (non-hydrogen) atoms. The summed E-state index contributed by atoms with van der Waals surface area (Å²) in [6, 6.07) is 0.170. The Labute approximate surface area is 61.4 Å². The monoisotopic (exact) mass is 153 g/mol. The summed E-state index contributed by atoms with van der Waals surface area (Å²) in [5.74, 6) is 0. The van der Waals surface area contributed by atoms with E-state index in [0.29, 0.717) is 0 Å². The fraction of sp³-hybridized carbons (Fsp3) is 1.00. The van der Waals surface area contributed by atoms with Gasteiger partial charge in [-0.05, 0) is 12.8 Å². The van der Waals surface area contributed by atoms with Crippen molar-refractivity contribution in [3.63, 3.8) is 0 Å². The Kier molecular flexibility index (Phi) is 5.10. The zero-order chi connectivity index (χ0) is 5.82. The lowest BCUT2D eigenvalue weighted by Crippen LogP contribution is -2.23. The first-order chi connectivity index (χ1) is 3.93. The van der Waals surface area contributed by atoms with Crippen molar-refractivity contribution in [1.29, 1.82) is 0 Å². The van der Waals surface area contributed by atoms with E-state index in [0.717, 1.165) is 12.8 Å². The van der Waals surface area contributed by atoms with E-state index in [1.54, 1.807) is 5.54 Å². The highest BCUT2D eigenvalue weighted by molar-refractivity contribution is 5.85. The first kappa shape index (κ1) is 9.18. The van der Waals surface area contributed by atoms with Gasteiger partial charge in [-0.15, -0.1) is 16.9 Å². The van der Waals surface area contributed by atoms with Crippen LogP contribution in [0.25, 0.3) is 0 Å². The molecule has 1 nitrogen and oxygen atoms in total. The third kappa shape index (κ3) is 3.01. The lowest BCUT2D eigenvalue weighted by molar-refractivity contribution is 0.226. The van der Waals surface area contributed by atoms with Gasteiger partial charge in [-0.1, -0.05) is 19.3 Å². The average Bonchev–Trinajstić information content (AvgIpc) is 1.90. The van der Waals surface area contributed by atoms with Gasteiger partial charge in [-0.2, -0.15) is 5.54 Å². The van der Waals surface area contributed by atoms with E-state index in [4.69, 9.17) is 0 Å². The quantitative estimate of drug-likeness (QED) is 0.570. The van der Waals surface area contributed by atoms with Gasteiger partial charge < -0.3 is 0 Å². The molecule has 1 fully saturated rings. The average molecular weight is 154 g/mol. The van der Waals surface area contributed by atoms with Crippen LogP contribution in [0, 0.1) is 0 Å². The second-order valence-corrected chi connectivity index (χ2v) is 2.44. The fourth-order valence-corrected chi connectivity index (χ4v) is 1.21. The summed E-state index contributed by atoms with van der Waals surface area (Å²) in [4.78, 5) is 0. The molecule has 56 valence electrons.